The molecule has 0 aromatic carbocycles. The Bertz CT molecular complexity index is 320. The van der Waals surface area contributed by atoms with Crippen molar-refractivity contribution in [1.29, 1.82) is 0 Å². The van der Waals surface area contributed by atoms with Crippen molar-refractivity contribution < 1.29 is 8.78 Å². The molecule has 0 saturated carbocycles. The molecule has 0 aliphatic rings. The van der Waals surface area contributed by atoms with Crippen molar-refractivity contribution in [3.63, 3.8) is 0 Å². The number of alkyl halides is 3. The topological polar surface area (TPSA) is 12.9 Å². The lowest BCUT2D eigenvalue weighted by molar-refractivity contribution is 0.145. The Kier molecular flexibility index (Phi) is 4.56. The van der Waals surface area contributed by atoms with Crippen LogP contribution in [0.3, 0.4) is 0 Å². The van der Waals surface area contributed by atoms with E-state index in [-0.39, 0.29) is 11.6 Å². The summed E-state index contributed by atoms with van der Waals surface area (Å²) in [6, 6.07) is 1.64. The molecule has 0 aliphatic carbocycles. The van der Waals surface area contributed by atoms with E-state index in [1.54, 1.807) is 6.07 Å². The maximum absolute atomic E-state index is 12.4. The largest absolute Gasteiger partial charge is 0.280 e. The van der Waals surface area contributed by atoms with Gasteiger partial charge < -0.3 is 0 Å². The van der Waals surface area contributed by atoms with Crippen molar-refractivity contribution in [2.45, 2.75) is 12.3 Å². The van der Waals surface area contributed by atoms with Gasteiger partial charge in [-0.3, -0.25) is 0 Å². The predicted octanol–water partition coefficient (Wildman–Crippen LogP) is 3.97. The predicted molar refractivity (Wildman–Crippen MR) is 64.2 cm³/mol. The standard InChI is InChI=1S/C7H4ClF2I2N/c8-2-3-1-4(11)7(12)13-5(3)6(9)10/h1,6H,2H2. The van der Waals surface area contributed by atoms with Gasteiger partial charge in [-0.1, -0.05) is 0 Å². The molecule has 1 aromatic rings. The molecule has 0 saturated heterocycles. The highest BCUT2D eigenvalue weighted by Crippen LogP contribution is 2.25. The van der Waals surface area contributed by atoms with E-state index in [0.717, 1.165) is 3.57 Å². The Morgan fingerprint density at radius 2 is 2.08 bits per heavy atom. The average Bonchev–Trinajstić information content (AvgIpc) is 2.08. The zero-order valence-corrected chi connectivity index (χ0v) is 11.3. The number of nitrogens with zero attached hydrogens (tertiary/aromatic N) is 1. The molecule has 1 rings (SSSR count). The van der Waals surface area contributed by atoms with Gasteiger partial charge in [-0.15, -0.1) is 11.6 Å². The first-order chi connectivity index (χ1) is 6.06. The fraction of sp³-hybridized carbons (Fsp3) is 0.286. The Labute approximate surface area is 107 Å². The summed E-state index contributed by atoms with van der Waals surface area (Å²) >= 11 is 9.48. The molecule has 0 bridgehead atoms. The summed E-state index contributed by atoms with van der Waals surface area (Å²) in [4.78, 5) is 3.79. The van der Waals surface area contributed by atoms with Crippen molar-refractivity contribution in [3.8, 4) is 0 Å². The van der Waals surface area contributed by atoms with Crippen LogP contribution in [0.5, 0.6) is 0 Å². The van der Waals surface area contributed by atoms with Gasteiger partial charge in [0.05, 0.1) is 0 Å². The van der Waals surface area contributed by atoms with Crippen LogP contribution in [0, 0.1) is 7.27 Å². The minimum atomic E-state index is -2.56. The molecular formula is C7H4ClF2I2N. The lowest BCUT2D eigenvalue weighted by Gasteiger charge is -2.06. The Morgan fingerprint density at radius 1 is 1.46 bits per heavy atom. The first-order valence-corrected chi connectivity index (χ1v) is 5.94. The van der Waals surface area contributed by atoms with E-state index in [9.17, 15) is 8.78 Å². The van der Waals surface area contributed by atoms with Gasteiger partial charge in [0.1, 0.15) is 9.39 Å². The number of aromatic nitrogens is 1. The first kappa shape index (κ1) is 11.8. The fourth-order valence-corrected chi connectivity index (χ4v) is 1.94. The van der Waals surface area contributed by atoms with Crippen molar-refractivity contribution in [2.75, 3.05) is 0 Å². The van der Waals surface area contributed by atoms with Crippen LogP contribution in [0.1, 0.15) is 17.7 Å². The fourth-order valence-electron chi connectivity index (χ4n) is 0.813. The van der Waals surface area contributed by atoms with E-state index < -0.39 is 6.43 Å². The number of halogens is 5. The minimum Gasteiger partial charge on any atom is -0.239 e. The normalized spacial score (nSPS) is 10.9. The Morgan fingerprint density at radius 3 is 2.54 bits per heavy atom. The van der Waals surface area contributed by atoms with Gasteiger partial charge in [-0.05, 0) is 56.8 Å². The zero-order chi connectivity index (χ0) is 10.0. The van der Waals surface area contributed by atoms with Gasteiger partial charge in [0.15, 0.2) is 0 Å². The molecule has 0 atom stereocenters. The van der Waals surface area contributed by atoms with Crippen LogP contribution in [0.4, 0.5) is 8.78 Å². The zero-order valence-electron chi connectivity index (χ0n) is 6.20. The van der Waals surface area contributed by atoms with Crippen molar-refractivity contribution >= 4 is 56.8 Å². The average molecular weight is 429 g/mol. The van der Waals surface area contributed by atoms with Gasteiger partial charge in [0, 0.05) is 9.45 Å². The van der Waals surface area contributed by atoms with Crippen LogP contribution in [0.25, 0.3) is 0 Å². The second-order valence-corrected chi connectivity index (χ2v) is 4.69. The maximum atomic E-state index is 12.4. The van der Waals surface area contributed by atoms with Gasteiger partial charge in [0.25, 0.3) is 6.43 Å². The van der Waals surface area contributed by atoms with Gasteiger partial charge in [-0.2, -0.15) is 0 Å². The highest BCUT2D eigenvalue weighted by Gasteiger charge is 2.16. The van der Waals surface area contributed by atoms with E-state index in [0.29, 0.717) is 9.26 Å². The Balaban J connectivity index is 3.25. The molecule has 6 heteroatoms. The summed E-state index contributed by atoms with van der Waals surface area (Å²) in [6.07, 6.45) is -2.56. The van der Waals surface area contributed by atoms with Crippen LogP contribution in [0.2, 0.25) is 0 Å². The van der Waals surface area contributed by atoms with E-state index >= 15 is 0 Å². The summed E-state index contributed by atoms with van der Waals surface area (Å²) in [5.74, 6) is 0.0690. The van der Waals surface area contributed by atoms with Crippen LogP contribution < -0.4 is 0 Å². The van der Waals surface area contributed by atoms with E-state index in [4.69, 9.17) is 11.6 Å². The molecule has 13 heavy (non-hydrogen) atoms. The summed E-state index contributed by atoms with van der Waals surface area (Å²) in [6.45, 7) is 0. The second-order valence-electron chi connectivity index (χ2n) is 2.24. The molecular weight excluding hydrogens is 425 g/mol. The summed E-state index contributed by atoms with van der Waals surface area (Å²) in [7, 11) is 0. The van der Waals surface area contributed by atoms with E-state index in [1.807, 2.05) is 45.2 Å². The molecule has 0 fully saturated rings. The van der Waals surface area contributed by atoms with Crippen LogP contribution in [-0.2, 0) is 5.88 Å². The number of pyridine rings is 1. The van der Waals surface area contributed by atoms with Gasteiger partial charge in [-0.25, -0.2) is 13.8 Å². The van der Waals surface area contributed by atoms with Crippen molar-refractivity contribution in [1.82, 2.24) is 4.98 Å². The summed E-state index contributed by atoms with van der Waals surface area (Å²) in [5.41, 5.74) is 0.196. The third-order valence-electron chi connectivity index (χ3n) is 1.40. The van der Waals surface area contributed by atoms with Crippen LogP contribution in [0.15, 0.2) is 6.07 Å². The molecule has 1 aromatic heterocycles. The summed E-state index contributed by atoms with van der Waals surface area (Å²) < 4.78 is 26.2. The quantitative estimate of drug-likeness (QED) is 0.394. The molecule has 0 aliphatic heterocycles. The van der Waals surface area contributed by atoms with E-state index in [1.165, 1.54) is 0 Å². The summed E-state index contributed by atoms with van der Waals surface area (Å²) in [5, 5.41) is 0. The lowest BCUT2D eigenvalue weighted by atomic mass is 10.2. The molecule has 1 heterocycles. The smallest absolute Gasteiger partial charge is 0.239 e. The molecule has 0 amide bonds. The molecule has 0 unspecified atom stereocenters. The van der Waals surface area contributed by atoms with Crippen molar-refractivity contribution in [2.24, 2.45) is 0 Å². The van der Waals surface area contributed by atoms with E-state index in [2.05, 4.69) is 4.98 Å². The number of hydrogen-bond acceptors (Lipinski definition) is 1. The molecule has 1 nitrogen and oxygen atoms in total. The van der Waals surface area contributed by atoms with Gasteiger partial charge in [0.2, 0.25) is 0 Å². The lowest BCUT2D eigenvalue weighted by Crippen LogP contribution is -2.00. The minimum absolute atomic E-state index is 0.0690. The second kappa shape index (κ2) is 5.01. The highest BCUT2D eigenvalue weighted by atomic mass is 127. The SMILES string of the molecule is FC(F)c1nc(I)c(I)cc1CCl. The monoisotopic (exact) mass is 429 g/mol. The Hall–Kier alpha value is 0.760. The molecule has 0 radical (unpaired) electrons. The van der Waals surface area contributed by atoms with Crippen LogP contribution >= 0.6 is 56.8 Å². The first-order valence-electron chi connectivity index (χ1n) is 3.25. The molecule has 0 spiro atoms. The molecule has 72 valence electrons. The highest BCUT2D eigenvalue weighted by molar-refractivity contribution is 14.1. The third kappa shape index (κ3) is 2.85. The van der Waals surface area contributed by atoms with Crippen molar-refractivity contribution in [3.05, 3.63) is 24.6 Å². The third-order valence-corrected chi connectivity index (χ3v) is 4.36. The maximum Gasteiger partial charge on any atom is 0.280 e. The molecule has 0 N–H and O–H groups in total. The number of rotatable bonds is 2. The number of hydrogen-bond donors (Lipinski definition) is 0. The van der Waals surface area contributed by atoms with Crippen LogP contribution in [-0.4, -0.2) is 4.98 Å². The van der Waals surface area contributed by atoms with Gasteiger partial charge >= 0.3 is 0 Å².